The number of hydrogen-bond donors (Lipinski definition) is 0. The van der Waals surface area contributed by atoms with Gasteiger partial charge in [-0.3, -0.25) is 9.59 Å². The van der Waals surface area contributed by atoms with Crippen molar-refractivity contribution in [3.8, 4) is 0 Å². The lowest BCUT2D eigenvalue weighted by Gasteiger charge is -2.15. The van der Waals surface area contributed by atoms with Gasteiger partial charge >= 0.3 is 0 Å². The lowest BCUT2D eigenvalue weighted by molar-refractivity contribution is -0.116. The molecule has 24 heavy (non-hydrogen) atoms. The van der Waals surface area contributed by atoms with E-state index in [0.29, 0.717) is 22.2 Å². The molecule has 1 unspecified atom stereocenters. The molecule has 0 fully saturated rings. The number of nitrogens with zero attached hydrogens (tertiary/aromatic N) is 2. The molecule has 0 bridgehead atoms. The van der Waals surface area contributed by atoms with Crippen molar-refractivity contribution in [2.45, 2.75) is 30.5 Å². The summed E-state index contributed by atoms with van der Waals surface area (Å²) in [6, 6.07) is 9.08. The van der Waals surface area contributed by atoms with Crippen LogP contribution in [0.5, 0.6) is 0 Å². The number of aromatic nitrogens is 1. The number of hydrogen-bond acceptors (Lipinski definition) is 4. The third-order valence-corrected chi connectivity index (χ3v) is 5.56. The number of ketones is 1. The molecule has 1 atom stereocenters. The first-order valence-corrected chi connectivity index (χ1v) is 8.95. The average Bonchev–Trinajstić information content (AvgIpc) is 2.99. The molecule has 0 saturated carbocycles. The Morgan fingerprint density at radius 1 is 1.33 bits per heavy atom. The van der Waals surface area contributed by atoms with Gasteiger partial charge in [0.15, 0.2) is 5.78 Å². The standard InChI is InChI=1S/C18H17ClN2O2S/c1-11(24-18-15(19)4-3-8-20-18)17(23)14-5-6-16-13(10-14)7-9-21(16)12(2)22/h3-6,8,10-11H,7,9H2,1-2H3. The van der Waals surface area contributed by atoms with Crippen LogP contribution in [0.15, 0.2) is 41.6 Å². The summed E-state index contributed by atoms with van der Waals surface area (Å²) >= 11 is 7.46. The number of pyridine rings is 1. The molecule has 0 spiro atoms. The Balaban J connectivity index is 1.78. The van der Waals surface area contributed by atoms with Crippen LogP contribution < -0.4 is 4.90 Å². The highest BCUT2D eigenvalue weighted by Crippen LogP contribution is 2.32. The molecule has 1 aromatic heterocycles. The second-order valence-corrected chi connectivity index (χ2v) is 7.42. The SMILES string of the molecule is CC(=O)N1CCc2cc(C(=O)C(C)Sc3ncccc3Cl)ccc21. The summed E-state index contributed by atoms with van der Waals surface area (Å²) in [7, 11) is 0. The first-order chi connectivity index (χ1) is 11.5. The lowest BCUT2D eigenvalue weighted by atomic mass is 10.0. The highest BCUT2D eigenvalue weighted by atomic mass is 35.5. The summed E-state index contributed by atoms with van der Waals surface area (Å²) in [6.07, 6.45) is 2.45. The van der Waals surface area contributed by atoms with Crippen LogP contribution in [0.2, 0.25) is 5.02 Å². The number of carbonyl (C=O) groups is 2. The predicted octanol–water partition coefficient (Wildman–Crippen LogP) is 4.01. The number of carbonyl (C=O) groups excluding carboxylic acids is 2. The zero-order valence-electron chi connectivity index (χ0n) is 13.5. The Morgan fingerprint density at radius 2 is 2.12 bits per heavy atom. The fourth-order valence-electron chi connectivity index (χ4n) is 2.80. The maximum Gasteiger partial charge on any atom is 0.223 e. The highest BCUT2D eigenvalue weighted by Gasteiger charge is 2.25. The van der Waals surface area contributed by atoms with Gasteiger partial charge in [-0.15, -0.1) is 0 Å². The quantitative estimate of drug-likeness (QED) is 0.610. The van der Waals surface area contributed by atoms with Crippen LogP contribution in [-0.4, -0.2) is 28.5 Å². The van der Waals surface area contributed by atoms with Crippen molar-refractivity contribution >= 4 is 40.7 Å². The number of amides is 1. The van der Waals surface area contributed by atoms with E-state index in [1.54, 1.807) is 36.2 Å². The molecular weight excluding hydrogens is 344 g/mol. The largest absolute Gasteiger partial charge is 0.312 e. The van der Waals surface area contributed by atoms with Crippen molar-refractivity contribution < 1.29 is 9.59 Å². The molecule has 124 valence electrons. The van der Waals surface area contributed by atoms with Crippen molar-refractivity contribution in [3.05, 3.63) is 52.7 Å². The van der Waals surface area contributed by atoms with E-state index in [-0.39, 0.29) is 16.9 Å². The first kappa shape index (κ1) is 17.0. The smallest absolute Gasteiger partial charge is 0.223 e. The fraction of sp³-hybridized carbons (Fsp3) is 0.278. The minimum Gasteiger partial charge on any atom is -0.312 e. The number of anilines is 1. The number of halogens is 1. The maximum atomic E-state index is 12.7. The zero-order chi connectivity index (χ0) is 17.3. The van der Waals surface area contributed by atoms with Crippen LogP contribution in [0, 0.1) is 0 Å². The van der Waals surface area contributed by atoms with Gasteiger partial charge in [0.1, 0.15) is 5.03 Å². The van der Waals surface area contributed by atoms with Gasteiger partial charge in [-0.2, -0.15) is 0 Å². The third kappa shape index (κ3) is 3.32. The molecule has 0 N–H and O–H groups in total. The Hall–Kier alpha value is -1.85. The normalized spacial score (nSPS) is 14.4. The second-order valence-electron chi connectivity index (χ2n) is 5.68. The summed E-state index contributed by atoms with van der Waals surface area (Å²) in [5, 5.41) is 0.915. The van der Waals surface area contributed by atoms with E-state index in [0.717, 1.165) is 17.7 Å². The molecule has 2 heterocycles. The average molecular weight is 361 g/mol. The van der Waals surface area contributed by atoms with E-state index >= 15 is 0 Å². The topological polar surface area (TPSA) is 50.3 Å². The summed E-state index contributed by atoms with van der Waals surface area (Å²) in [5.74, 6) is 0.0624. The van der Waals surface area contributed by atoms with Crippen molar-refractivity contribution in [1.82, 2.24) is 4.98 Å². The van der Waals surface area contributed by atoms with Gasteiger partial charge in [-0.05, 0) is 49.2 Å². The number of benzene rings is 1. The van der Waals surface area contributed by atoms with E-state index in [2.05, 4.69) is 4.98 Å². The summed E-state index contributed by atoms with van der Waals surface area (Å²) < 4.78 is 0. The molecule has 3 rings (SSSR count). The van der Waals surface area contributed by atoms with Gasteiger partial charge < -0.3 is 4.90 Å². The van der Waals surface area contributed by atoms with Gasteiger partial charge in [0.2, 0.25) is 5.91 Å². The van der Waals surface area contributed by atoms with Gasteiger partial charge in [-0.1, -0.05) is 23.4 Å². The molecule has 1 amide bonds. The minimum atomic E-state index is -0.291. The maximum absolute atomic E-state index is 12.7. The van der Waals surface area contributed by atoms with E-state index in [1.165, 1.54) is 11.8 Å². The molecule has 6 heteroatoms. The fourth-order valence-corrected chi connectivity index (χ4v) is 3.93. The molecule has 0 saturated heterocycles. The van der Waals surface area contributed by atoms with Crippen molar-refractivity contribution in [2.75, 3.05) is 11.4 Å². The molecule has 4 nitrogen and oxygen atoms in total. The van der Waals surface area contributed by atoms with E-state index in [1.807, 2.05) is 19.1 Å². The Labute approximate surface area is 150 Å². The van der Waals surface area contributed by atoms with Gasteiger partial charge in [-0.25, -0.2) is 4.98 Å². The van der Waals surface area contributed by atoms with Crippen LogP contribution in [0.3, 0.4) is 0 Å². The first-order valence-electron chi connectivity index (χ1n) is 7.70. The van der Waals surface area contributed by atoms with Crippen molar-refractivity contribution in [3.63, 3.8) is 0 Å². The highest BCUT2D eigenvalue weighted by molar-refractivity contribution is 8.00. The molecular formula is C18H17ClN2O2S. The van der Waals surface area contributed by atoms with Crippen molar-refractivity contribution in [2.24, 2.45) is 0 Å². The molecule has 2 aromatic rings. The Bertz CT molecular complexity index is 809. The zero-order valence-corrected chi connectivity index (χ0v) is 15.0. The van der Waals surface area contributed by atoms with Gasteiger partial charge in [0.25, 0.3) is 0 Å². The number of rotatable bonds is 4. The van der Waals surface area contributed by atoms with E-state index in [4.69, 9.17) is 11.6 Å². The molecule has 1 aromatic carbocycles. The number of fused-ring (bicyclic) bond motifs is 1. The predicted molar refractivity (Wildman–Crippen MR) is 97.1 cm³/mol. The second kappa shape index (κ2) is 6.95. The molecule has 1 aliphatic heterocycles. The van der Waals surface area contributed by atoms with Crippen LogP contribution in [0.1, 0.15) is 29.8 Å². The van der Waals surface area contributed by atoms with Crippen LogP contribution in [0.25, 0.3) is 0 Å². The summed E-state index contributed by atoms with van der Waals surface area (Å²) in [6.45, 7) is 4.09. The Kier molecular flexibility index (Phi) is 4.92. The van der Waals surface area contributed by atoms with Crippen LogP contribution in [0.4, 0.5) is 5.69 Å². The van der Waals surface area contributed by atoms with Gasteiger partial charge in [0.05, 0.1) is 10.3 Å². The Morgan fingerprint density at radius 3 is 2.83 bits per heavy atom. The summed E-state index contributed by atoms with van der Waals surface area (Å²) in [4.78, 5) is 30.3. The summed E-state index contributed by atoms with van der Waals surface area (Å²) in [5.41, 5.74) is 2.61. The van der Waals surface area contributed by atoms with Crippen LogP contribution in [-0.2, 0) is 11.2 Å². The molecule has 1 aliphatic rings. The number of Topliss-reactive ketones (excluding diaryl/α,β-unsaturated/α-hetero) is 1. The lowest BCUT2D eigenvalue weighted by Crippen LogP contribution is -2.25. The third-order valence-electron chi connectivity index (χ3n) is 4.02. The number of thioether (sulfide) groups is 1. The van der Waals surface area contributed by atoms with Crippen LogP contribution >= 0.6 is 23.4 Å². The minimum absolute atomic E-state index is 0.0292. The monoisotopic (exact) mass is 360 g/mol. The van der Waals surface area contributed by atoms with E-state index < -0.39 is 0 Å². The van der Waals surface area contributed by atoms with Gasteiger partial charge in [0, 0.05) is 30.9 Å². The van der Waals surface area contributed by atoms with E-state index in [9.17, 15) is 9.59 Å². The van der Waals surface area contributed by atoms with Crippen molar-refractivity contribution in [1.29, 1.82) is 0 Å². The molecule has 0 radical (unpaired) electrons. The molecule has 0 aliphatic carbocycles.